The second-order valence-electron chi connectivity index (χ2n) is 6.55. The van der Waals surface area contributed by atoms with Gasteiger partial charge in [0, 0.05) is 25.7 Å². The third kappa shape index (κ3) is 6.19. The minimum Gasteiger partial charge on any atom is -0.352 e. The van der Waals surface area contributed by atoms with Crippen LogP contribution in [-0.2, 0) is 16.4 Å². The van der Waals surface area contributed by atoms with Crippen molar-refractivity contribution in [1.29, 1.82) is 0 Å². The van der Waals surface area contributed by atoms with E-state index in [4.69, 9.17) is 0 Å². The van der Waals surface area contributed by atoms with Gasteiger partial charge in [0.25, 0.3) is 5.91 Å². The Kier molecular flexibility index (Phi) is 8.00. The second kappa shape index (κ2) is 10.2. The standard InChI is InChI=1S/C21H28N2O3S/c1-3-4-17-23(2)27(25,26)20-14-12-19(13-15-20)21(24)22-16-8-11-18-9-6-5-7-10-18/h5-7,9-10,12-15H,3-4,8,11,16-17H2,1-2H3,(H,22,24). The molecule has 1 amide bonds. The molecule has 0 fully saturated rings. The number of aryl methyl sites for hydroxylation is 1. The second-order valence-corrected chi connectivity index (χ2v) is 8.59. The van der Waals surface area contributed by atoms with E-state index in [9.17, 15) is 13.2 Å². The Morgan fingerprint density at radius 1 is 1.00 bits per heavy atom. The fraction of sp³-hybridized carbons (Fsp3) is 0.381. The van der Waals surface area contributed by atoms with Crippen LogP contribution in [0.3, 0.4) is 0 Å². The minimum atomic E-state index is -3.50. The number of rotatable bonds is 10. The molecule has 1 N–H and O–H groups in total. The van der Waals surface area contributed by atoms with Crippen molar-refractivity contribution in [2.24, 2.45) is 0 Å². The number of sulfonamides is 1. The molecule has 5 nitrogen and oxygen atoms in total. The number of carbonyl (C=O) groups excluding carboxylic acids is 1. The van der Waals surface area contributed by atoms with E-state index in [1.54, 1.807) is 19.2 Å². The van der Waals surface area contributed by atoms with E-state index in [1.807, 2.05) is 25.1 Å². The van der Waals surface area contributed by atoms with E-state index in [1.165, 1.54) is 22.0 Å². The van der Waals surface area contributed by atoms with Gasteiger partial charge in [-0.25, -0.2) is 12.7 Å². The maximum absolute atomic E-state index is 12.5. The van der Waals surface area contributed by atoms with Crippen molar-refractivity contribution in [2.75, 3.05) is 20.1 Å². The predicted molar refractivity (Wildman–Crippen MR) is 108 cm³/mol. The van der Waals surface area contributed by atoms with Crippen molar-refractivity contribution >= 4 is 15.9 Å². The molecule has 0 aliphatic carbocycles. The Morgan fingerprint density at radius 3 is 2.30 bits per heavy atom. The van der Waals surface area contributed by atoms with Gasteiger partial charge in [-0.1, -0.05) is 43.7 Å². The molecule has 0 heterocycles. The quantitative estimate of drug-likeness (QED) is 0.634. The molecule has 2 aromatic rings. The largest absolute Gasteiger partial charge is 0.352 e. The number of hydrogen-bond acceptors (Lipinski definition) is 3. The van der Waals surface area contributed by atoms with Crippen LogP contribution in [0.15, 0.2) is 59.5 Å². The molecule has 0 atom stereocenters. The molecule has 2 rings (SSSR count). The minimum absolute atomic E-state index is 0.189. The summed E-state index contributed by atoms with van der Waals surface area (Å²) in [4.78, 5) is 12.4. The summed E-state index contributed by atoms with van der Waals surface area (Å²) >= 11 is 0. The topological polar surface area (TPSA) is 66.5 Å². The fourth-order valence-electron chi connectivity index (χ4n) is 2.70. The molecule has 27 heavy (non-hydrogen) atoms. The average Bonchev–Trinajstić information content (AvgIpc) is 2.70. The van der Waals surface area contributed by atoms with Crippen LogP contribution in [0.5, 0.6) is 0 Å². The molecule has 0 aliphatic heterocycles. The zero-order chi connectivity index (χ0) is 19.7. The van der Waals surface area contributed by atoms with E-state index in [-0.39, 0.29) is 10.8 Å². The molecule has 6 heteroatoms. The summed E-state index contributed by atoms with van der Waals surface area (Å²) < 4.78 is 26.3. The molecular weight excluding hydrogens is 360 g/mol. The lowest BCUT2D eigenvalue weighted by atomic mass is 10.1. The molecule has 0 aliphatic rings. The first-order valence-corrected chi connectivity index (χ1v) is 10.8. The van der Waals surface area contributed by atoms with Crippen molar-refractivity contribution in [2.45, 2.75) is 37.5 Å². The first-order valence-electron chi connectivity index (χ1n) is 9.33. The fourth-order valence-corrected chi connectivity index (χ4v) is 3.91. The molecule has 0 radical (unpaired) electrons. The molecule has 0 bridgehead atoms. The third-order valence-electron chi connectivity index (χ3n) is 4.42. The van der Waals surface area contributed by atoms with Gasteiger partial charge in [0.15, 0.2) is 0 Å². The van der Waals surface area contributed by atoms with Crippen molar-refractivity contribution < 1.29 is 13.2 Å². The lowest BCUT2D eigenvalue weighted by molar-refractivity contribution is 0.0953. The highest BCUT2D eigenvalue weighted by atomic mass is 32.2. The maximum Gasteiger partial charge on any atom is 0.251 e. The Bertz CT molecular complexity index is 818. The molecule has 0 aromatic heterocycles. The predicted octanol–water partition coefficient (Wildman–Crippen LogP) is 3.47. The molecule has 0 spiro atoms. The highest BCUT2D eigenvalue weighted by Gasteiger charge is 2.20. The van der Waals surface area contributed by atoms with E-state index < -0.39 is 10.0 Å². The van der Waals surface area contributed by atoms with Crippen LogP contribution >= 0.6 is 0 Å². The van der Waals surface area contributed by atoms with E-state index in [0.717, 1.165) is 25.7 Å². The average molecular weight is 389 g/mol. The third-order valence-corrected chi connectivity index (χ3v) is 6.29. The van der Waals surface area contributed by atoms with E-state index in [0.29, 0.717) is 18.7 Å². The van der Waals surface area contributed by atoms with Gasteiger partial charge < -0.3 is 5.32 Å². The summed E-state index contributed by atoms with van der Waals surface area (Å²) in [5, 5.41) is 2.88. The van der Waals surface area contributed by atoms with Crippen molar-refractivity contribution in [3.8, 4) is 0 Å². The van der Waals surface area contributed by atoms with Crippen LogP contribution in [0.1, 0.15) is 42.1 Å². The van der Waals surface area contributed by atoms with Gasteiger partial charge >= 0.3 is 0 Å². The molecule has 0 unspecified atom stereocenters. The summed E-state index contributed by atoms with van der Waals surface area (Å²) in [5.74, 6) is -0.189. The van der Waals surface area contributed by atoms with Gasteiger partial charge in [0.05, 0.1) is 4.90 Å². The number of hydrogen-bond donors (Lipinski definition) is 1. The zero-order valence-corrected chi connectivity index (χ0v) is 16.8. The molecule has 0 saturated heterocycles. The Morgan fingerprint density at radius 2 is 1.67 bits per heavy atom. The Labute approximate surface area is 162 Å². The van der Waals surface area contributed by atoms with Crippen LogP contribution in [0, 0.1) is 0 Å². The van der Waals surface area contributed by atoms with Crippen molar-refractivity contribution in [1.82, 2.24) is 9.62 Å². The summed E-state index contributed by atoms with van der Waals surface area (Å²) in [6.45, 7) is 3.09. The number of amides is 1. The van der Waals surface area contributed by atoms with Crippen LogP contribution in [0.4, 0.5) is 0 Å². The first kappa shape index (κ1) is 21.1. The molecular formula is C21H28N2O3S. The molecule has 0 saturated carbocycles. The normalized spacial score (nSPS) is 11.5. The molecule has 146 valence electrons. The number of benzene rings is 2. The number of unbranched alkanes of at least 4 members (excludes halogenated alkanes) is 1. The lowest BCUT2D eigenvalue weighted by Crippen LogP contribution is -2.28. The van der Waals surface area contributed by atoms with Crippen LogP contribution in [-0.4, -0.2) is 38.8 Å². The van der Waals surface area contributed by atoms with E-state index >= 15 is 0 Å². The van der Waals surface area contributed by atoms with Gasteiger partial charge in [-0.2, -0.15) is 0 Å². The Hall–Kier alpha value is -2.18. The highest BCUT2D eigenvalue weighted by molar-refractivity contribution is 7.89. The maximum atomic E-state index is 12.5. The van der Waals surface area contributed by atoms with Crippen molar-refractivity contribution in [3.63, 3.8) is 0 Å². The number of nitrogens with zero attached hydrogens (tertiary/aromatic N) is 1. The van der Waals surface area contributed by atoms with Crippen LogP contribution in [0.2, 0.25) is 0 Å². The van der Waals surface area contributed by atoms with Crippen LogP contribution < -0.4 is 5.32 Å². The van der Waals surface area contributed by atoms with E-state index in [2.05, 4.69) is 17.4 Å². The first-order chi connectivity index (χ1) is 12.9. The summed E-state index contributed by atoms with van der Waals surface area (Å²) in [6, 6.07) is 16.2. The van der Waals surface area contributed by atoms with Gasteiger partial charge in [-0.3, -0.25) is 4.79 Å². The summed E-state index contributed by atoms with van der Waals surface area (Å²) in [7, 11) is -1.92. The van der Waals surface area contributed by atoms with Gasteiger partial charge in [-0.05, 0) is 49.1 Å². The number of nitrogens with one attached hydrogen (secondary N) is 1. The smallest absolute Gasteiger partial charge is 0.251 e. The van der Waals surface area contributed by atoms with Gasteiger partial charge in [-0.15, -0.1) is 0 Å². The van der Waals surface area contributed by atoms with Crippen LogP contribution in [0.25, 0.3) is 0 Å². The highest BCUT2D eigenvalue weighted by Crippen LogP contribution is 2.16. The Balaban J connectivity index is 1.87. The summed E-state index contributed by atoms with van der Waals surface area (Å²) in [5.41, 5.74) is 1.71. The molecule has 2 aromatic carbocycles. The monoisotopic (exact) mass is 388 g/mol. The number of carbonyl (C=O) groups is 1. The van der Waals surface area contributed by atoms with Gasteiger partial charge in [0.1, 0.15) is 0 Å². The summed E-state index contributed by atoms with van der Waals surface area (Å²) in [6.07, 6.45) is 3.51. The van der Waals surface area contributed by atoms with Crippen molar-refractivity contribution in [3.05, 3.63) is 65.7 Å². The van der Waals surface area contributed by atoms with Gasteiger partial charge in [0.2, 0.25) is 10.0 Å². The zero-order valence-electron chi connectivity index (χ0n) is 16.0. The SMILES string of the molecule is CCCCN(C)S(=O)(=O)c1ccc(C(=O)NCCCc2ccccc2)cc1. The lowest BCUT2D eigenvalue weighted by Gasteiger charge is -2.17.